The van der Waals surface area contributed by atoms with Gasteiger partial charge in [-0.2, -0.15) is 9.30 Å². The van der Waals surface area contributed by atoms with Crippen molar-refractivity contribution in [3.63, 3.8) is 0 Å². The molecule has 160 valence electrons. The van der Waals surface area contributed by atoms with Crippen LogP contribution in [-0.2, 0) is 17.1 Å². The summed E-state index contributed by atoms with van der Waals surface area (Å²) in [6, 6.07) is 11.9. The van der Waals surface area contributed by atoms with Crippen LogP contribution in [0.4, 0.5) is 0 Å². The second-order valence-corrected chi connectivity index (χ2v) is 10.7. The minimum atomic E-state index is -3.57. The standard InChI is InChI=1S/C21H24BrN3O3S2/c1-4-6-13-25(5-2)30(27,28)17-10-7-15(8-11-17)20(26)23-21-24(3)18-12-9-16(22)14-19(18)29-21/h7-12,14H,4-6,13H2,1-3H3. The van der Waals surface area contributed by atoms with Crippen LogP contribution in [0, 0.1) is 0 Å². The number of hydrogen-bond acceptors (Lipinski definition) is 4. The van der Waals surface area contributed by atoms with Gasteiger partial charge in [0, 0.05) is 30.2 Å². The molecule has 1 amide bonds. The fourth-order valence-corrected chi connectivity index (χ4v) is 6.12. The molecule has 0 bridgehead atoms. The van der Waals surface area contributed by atoms with Crippen LogP contribution in [0.3, 0.4) is 0 Å². The molecular formula is C21H24BrN3O3S2. The van der Waals surface area contributed by atoms with Crippen LogP contribution in [0.5, 0.6) is 0 Å². The molecule has 9 heteroatoms. The number of aryl methyl sites for hydroxylation is 1. The molecule has 0 aliphatic carbocycles. The Morgan fingerprint density at radius 1 is 1.17 bits per heavy atom. The summed E-state index contributed by atoms with van der Waals surface area (Å²) in [4.78, 5) is 17.7. The highest BCUT2D eigenvalue weighted by molar-refractivity contribution is 9.10. The highest BCUT2D eigenvalue weighted by atomic mass is 79.9. The average Bonchev–Trinajstić information content (AvgIpc) is 3.03. The molecule has 0 saturated heterocycles. The summed E-state index contributed by atoms with van der Waals surface area (Å²) < 4.78 is 31.0. The number of amides is 1. The van der Waals surface area contributed by atoms with E-state index in [4.69, 9.17) is 0 Å². The fraction of sp³-hybridized carbons (Fsp3) is 0.333. The molecule has 3 aromatic rings. The third-order valence-corrected chi connectivity index (χ3v) is 8.40. The average molecular weight is 510 g/mol. The second-order valence-electron chi connectivity index (χ2n) is 6.85. The van der Waals surface area contributed by atoms with Crippen LogP contribution < -0.4 is 4.80 Å². The molecule has 1 aromatic heterocycles. The topological polar surface area (TPSA) is 71.7 Å². The molecule has 6 nitrogen and oxygen atoms in total. The Balaban J connectivity index is 1.88. The van der Waals surface area contributed by atoms with Gasteiger partial charge in [-0.25, -0.2) is 8.42 Å². The zero-order chi connectivity index (χ0) is 21.9. The molecule has 0 unspecified atom stereocenters. The lowest BCUT2D eigenvalue weighted by molar-refractivity contribution is 0.0998. The summed E-state index contributed by atoms with van der Waals surface area (Å²) in [6.45, 7) is 4.76. The Kier molecular flexibility index (Phi) is 7.28. The first kappa shape index (κ1) is 22.9. The summed E-state index contributed by atoms with van der Waals surface area (Å²) in [7, 11) is -1.70. The van der Waals surface area contributed by atoms with E-state index in [2.05, 4.69) is 20.9 Å². The molecule has 0 radical (unpaired) electrons. The van der Waals surface area contributed by atoms with E-state index >= 15 is 0 Å². The summed E-state index contributed by atoms with van der Waals surface area (Å²) in [5.74, 6) is -0.404. The maximum absolute atomic E-state index is 12.8. The van der Waals surface area contributed by atoms with Gasteiger partial charge in [0.15, 0.2) is 4.80 Å². The van der Waals surface area contributed by atoms with E-state index in [9.17, 15) is 13.2 Å². The molecule has 1 heterocycles. The van der Waals surface area contributed by atoms with Crippen LogP contribution in [0.25, 0.3) is 10.2 Å². The number of aromatic nitrogens is 1. The van der Waals surface area contributed by atoms with E-state index in [1.54, 1.807) is 0 Å². The van der Waals surface area contributed by atoms with Crippen molar-refractivity contribution in [3.8, 4) is 0 Å². The van der Waals surface area contributed by atoms with E-state index in [-0.39, 0.29) is 4.90 Å². The van der Waals surface area contributed by atoms with Gasteiger partial charge in [0.05, 0.1) is 15.1 Å². The quantitative estimate of drug-likeness (QED) is 0.468. The van der Waals surface area contributed by atoms with Crippen molar-refractivity contribution in [2.24, 2.45) is 12.0 Å². The molecule has 3 rings (SSSR count). The van der Waals surface area contributed by atoms with Gasteiger partial charge in [-0.3, -0.25) is 4.79 Å². The van der Waals surface area contributed by atoms with Crippen LogP contribution in [0.2, 0.25) is 0 Å². The van der Waals surface area contributed by atoms with E-state index < -0.39 is 15.9 Å². The molecule has 0 spiro atoms. The zero-order valence-corrected chi connectivity index (χ0v) is 20.3. The van der Waals surface area contributed by atoms with Crippen molar-refractivity contribution < 1.29 is 13.2 Å². The number of carbonyl (C=O) groups excluding carboxylic acids is 1. The Morgan fingerprint density at radius 2 is 1.87 bits per heavy atom. The first-order valence-corrected chi connectivity index (χ1v) is 12.8. The lowest BCUT2D eigenvalue weighted by Crippen LogP contribution is -2.31. The Bertz CT molecular complexity index is 1230. The number of thiazole rings is 1. The van der Waals surface area contributed by atoms with Gasteiger partial charge in [0.25, 0.3) is 5.91 Å². The monoisotopic (exact) mass is 509 g/mol. The van der Waals surface area contributed by atoms with E-state index in [0.29, 0.717) is 23.5 Å². The van der Waals surface area contributed by atoms with Crippen molar-refractivity contribution in [3.05, 3.63) is 57.3 Å². The Hall–Kier alpha value is -1.81. The third-order valence-electron chi connectivity index (χ3n) is 4.82. The molecule has 0 aliphatic rings. The molecule has 0 N–H and O–H groups in total. The number of nitrogens with zero attached hydrogens (tertiary/aromatic N) is 3. The SMILES string of the molecule is CCCCN(CC)S(=O)(=O)c1ccc(C(=O)N=c2sc3cc(Br)ccc3n2C)cc1. The molecular weight excluding hydrogens is 486 g/mol. The molecule has 2 aromatic carbocycles. The van der Waals surface area contributed by atoms with Crippen LogP contribution in [-0.4, -0.2) is 36.3 Å². The predicted octanol–water partition coefficient (Wildman–Crippen LogP) is 4.55. The van der Waals surface area contributed by atoms with Crippen LogP contribution in [0.1, 0.15) is 37.0 Å². The first-order chi connectivity index (χ1) is 14.3. The molecule has 0 atom stereocenters. The van der Waals surface area contributed by atoms with Gasteiger partial charge in [-0.1, -0.05) is 47.5 Å². The van der Waals surface area contributed by atoms with Crippen molar-refractivity contribution in [1.29, 1.82) is 0 Å². The lowest BCUT2D eigenvalue weighted by atomic mass is 10.2. The largest absolute Gasteiger partial charge is 0.319 e. The number of halogens is 1. The lowest BCUT2D eigenvalue weighted by Gasteiger charge is -2.20. The van der Waals surface area contributed by atoms with E-state index in [1.807, 2.05) is 43.7 Å². The summed E-state index contributed by atoms with van der Waals surface area (Å²) >= 11 is 4.88. The van der Waals surface area contributed by atoms with E-state index in [0.717, 1.165) is 27.5 Å². The first-order valence-electron chi connectivity index (χ1n) is 9.72. The second kappa shape index (κ2) is 9.55. The maximum Gasteiger partial charge on any atom is 0.279 e. The zero-order valence-electron chi connectivity index (χ0n) is 17.1. The smallest absolute Gasteiger partial charge is 0.279 e. The van der Waals surface area contributed by atoms with Crippen molar-refractivity contribution in [2.75, 3.05) is 13.1 Å². The predicted molar refractivity (Wildman–Crippen MR) is 124 cm³/mol. The van der Waals surface area contributed by atoms with Crippen molar-refractivity contribution >= 4 is 53.4 Å². The Labute approximate surface area is 189 Å². The fourth-order valence-electron chi connectivity index (χ4n) is 3.07. The summed E-state index contributed by atoms with van der Waals surface area (Å²) in [5, 5.41) is 0. The molecule has 0 saturated carbocycles. The van der Waals surface area contributed by atoms with Gasteiger partial charge in [-0.15, -0.1) is 0 Å². The van der Waals surface area contributed by atoms with Crippen LogP contribution in [0.15, 0.2) is 56.8 Å². The normalized spacial score (nSPS) is 12.8. The molecule has 0 aliphatic heterocycles. The van der Waals surface area contributed by atoms with Crippen molar-refractivity contribution in [1.82, 2.24) is 8.87 Å². The summed E-state index contributed by atoms with van der Waals surface area (Å²) in [6.07, 6.45) is 1.73. The summed E-state index contributed by atoms with van der Waals surface area (Å²) in [5.41, 5.74) is 1.34. The number of sulfonamides is 1. The minimum Gasteiger partial charge on any atom is -0.319 e. The minimum absolute atomic E-state index is 0.189. The van der Waals surface area contributed by atoms with Crippen molar-refractivity contribution in [2.45, 2.75) is 31.6 Å². The van der Waals surface area contributed by atoms with Gasteiger partial charge in [-0.05, 0) is 48.9 Å². The van der Waals surface area contributed by atoms with Gasteiger partial charge in [0.2, 0.25) is 10.0 Å². The van der Waals surface area contributed by atoms with Gasteiger partial charge < -0.3 is 4.57 Å². The number of carbonyl (C=O) groups is 1. The Morgan fingerprint density at radius 3 is 2.50 bits per heavy atom. The molecule has 0 fully saturated rings. The number of hydrogen-bond donors (Lipinski definition) is 0. The number of rotatable bonds is 7. The number of fused-ring (bicyclic) bond motifs is 1. The van der Waals surface area contributed by atoms with Gasteiger partial charge >= 0.3 is 0 Å². The van der Waals surface area contributed by atoms with Gasteiger partial charge in [0.1, 0.15) is 0 Å². The number of benzene rings is 2. The molecule has 30 heavy (non-hydrogen) atoms. The maximum atomic E-state index is 12.8. The van der Waals surface area contributed by atoms with E-state index in [1.165, 1.54) is 39.9 Å². The highest BCUT2D eigenvalue weighted by Gasteiger charge is 2.22. The van der Waals surface area contributed by atoms with Crippen LogP contribution >= 0.6 is 27.3 Å². The third kappa shape index (κ3) is 4.74. The highest BCUT2D eigenvalue weighted by Crippen LogP contribution is 2.22. The number of unbranched alkanes of at least 4 members (excludes halogenated alkanes) is 1.